The van der Waals surface area contributed by atoms with Crippen molar-refractivity contribution in [1.29, 1.82) is 0 Å². The predicted octanol–water partition coefficient (Wildman–Crippen LogP) is 3.32. The fraction of sp³-hybridized carbons (Fsp3) is 0.471. The van der Waals surface area contributed by atoms with E-state index in [1.54, 1.807) is 30.6 Å². The number of hydrogen-bond acceptors (Lipinski definition) is 6. The number of carbonyl (C=O) groups excluding carboxylic acids is 1. The van der Waals surface area contributed by atoms with Crippen LogP contribution in [0.4, 0.5) is 5.69 Å². The molecule has 0 aliphatic carbocycles. The van der Waals surface area contributed by atoms with Gasteiger partial charge >= 0.3 is 0 Å². The minimum absolute atomic E-state index is 0.0284. The Bertz CT molecular complexity index is 588. The molecule has 0 saturated carbocycles. The number of nitrogens with zero attached hydrogens (tertiary/aromatic N) is 1. The van der Waals surface area contributed by atoms with Gasteiger partial charge in [-0.3, -0.25) is 9.69 Å². The maximum Gasteiger partial charge on any atom is 0.263 e. The monoisotopic (exact) mass is 369 g/mol. The van der Waals surface area contributed by atoms with Crippen LogP contribution >= 0.6 is 23.5 Å². The maximum atomic E-state index is 12.8. The molecule has 1 aliphatic rings. The molecule has 1 aromatic carbocycles. The number of allylic oxidation sites excluding steroid dienone is 1. The molecule has 2 rings (SSSR count). The summed E-state index contributed by atoms with van der Waals surface area (Å²) in [7, 11) is 1.62. The summed E-state index contributed by atoms with van der Waals surface area (Å²) in [5.74, 6) is 0.576. The van der Waals surface area contributed by atoms with Crippen molar-refractivity contribution in [3.05, 3.63) is 41.7 Å². The van der Waals surface area contributed by atoms with Crippen LogP contribution in [0.3, 0.4) is 0 Å². The van der Waals surface area contributed by atoms with Crippen molar-refractivity contribution in [2.75, 3.05) is 44.5 Å². The zero-order valence-electron chi connectivity index (χ0n) is 14.4. The van der Waals surface area contributed by atoms with Crippen LogP contribution in [0.15, 0.2) is 41.7 Å². The highest BCUT2D eigenvalue weighted by Crippen LogP contribution is 2.55. The zero-order valence-corrected chi connectivity index (χ0v) is 16.0. The Labute approximate surface area is 151 Å². The van der Waals surface area contributed by atoms with Crippen molar-refractivity contribution >= 4 is 35.1 Å². The second-order valence-electron chi connectivity index (χ2n) is 5.06. The Morgan fingerprint density at radius 2 is 1.83 bits per heavy atom. The van der Waals surface area contributed by atoms with Crippen molar-refractivity contribution in [2.45, 2.75) is 11.1 Å². The third-order valence-corrected chi connectivity index (χ3v) is 6.62. The fourth-order valence-corrected chi connectivity index (χ4v) is 4.83. The number of thioether (sulfide) groups is 2. The third kappa shape index (κ3) is 3.59. The largest absolute Gasteiger partial charge is 0.472 e. The molecule has 1 amide bonds. The van der Waals surface area contributed by atoms with E-state index in [1.165, 1.54) is 0 Å². The van der Waals surface area contributed by atoms with E-state index >= 15 is 0 Å². The van der Waals surface area contributed by atoms with Gasteiger partial charge in [0.1, 0.15) is 11.3 Å². The molecule has 0 aromatic heterocycles. The molecule has 5 nitrogen and oxygen atoms in total. The molecule has 1 heterocycles. The number of amides is 1. The van der Waals surface area contributed by atoms with E-state index in [2.05, 4.69) is 0 Å². The molecule has 0 atom stereocenters. The topological polar surface area (TPSA) is 48.0 Å². The maximum absolute atomic E-state index is 12.8. The molecule has 1 fully saturated rings. The van der Waals surface area contributed by atoms with Crippen molar-refractivity contribution in [1.82, 2.24) is 0 Å². The summed E-state index contributed by atoms with van der Waals surface area (Å²) in [5.41, 5.74) is 1.57. The molecule has 0 bridgehead atoms. The van der Waals surface area contributed by atoms with Crippen LogP contribution in [0.5, 0.6) is 0 Å². The lowest BCUT2D eigenvalue weighted by Gasteiger charge is -2.51. The van der Waals surface area contributed by atoms with Gasteiger partial charge in [-0.05, 0) is 31.6 Å². The van der Waals surface area contributed by atoms with E-state index in [4.69, 9.17) is 14.2 Å². The van der Waals surface area contributed by atoms with Crippen LogP contribution in [0.25, 0.3) is 0 Å². The second kappa shape index (κ2) is 8.80. The van der Waals surface area contributed by atoms with Crippen molar-refractivity contribution < 1.29 is 19.0 Å². The van der Waals surface area contributed by atoms with Crippen molar-refractivity contribution in [3.63, 3.8) is 0 Å². The summed E-state index contributed by atoms with van der Waals surface area (Å²) in [6.45, 7) is 2.89. The molecule has 7 heteroatoms. The van der Waals surface area contributed by atoms with Crippen LogP contribution < -0.4 is 4.90 Å². The Balaban J connectivity index is 2.18. The smallest absolute Gasteiger partial charge is 0.263 e. The SMILES string of the molecule is COCCOCO/C(C)=C1/C(=O)N(c2ccccc2)C1(SC)SC. The summed E-state index contributed by atoms with van der Waals surface area (Å²) in [4.78, 5) is 14.6. The number of carbonyl (C=O) groups is 1. The first-order chi connectivity index (χ1) is 11.6. The van der Waals surface area contributed by atoms with Gasteiger partial charge in [0.2, 0.25) is 0 Å². The highest BCUT2D eigenvalue weighted by atomic mass is 32.2. The van der Waals surface area contributed by atoms with E-state index in [0.29, 0.717) is 24.5 Å². The molecular formula is C17H23NO4S2. The summed E-state index contributed by atoms with van der Waals surface area (Å²) in [6, 6.07) is 9.70. The number of hydrogen-bond donors (Lipinski definition) is 0. The molecule has 0 N–H and O–H groups in total. The van der Waals surface area contributed by atoms with Gasteiger partial charge in [0.25, 0.3) is 5.91 Å². The number of anilines is 1. The first-order valence-corrected chi connectivity index (χ1v) is 9.98. The van der Waals surface area contributed by atoms with E-state index < -0.39 is 4.20 Å². The van der Waals surface area contributed by atoms with Gasteiger partial charge in [0.15, 0.2) is 11.0 Å². The Hall–Kier alpha value is -1.15. The molecule has 1 saturated heterocycles. The molecule has 0 radical (unpaired) electrons. The average molecular weight is 370 g/mol. The van der Waals surface area contributed by atoms with Gasteiger partial charge in [-0.15, -0.1) is 23.5 Å². The number of benzene rings is 1. The summed E-state index contributed by atoms with van der Waals surface area (Å²) < 4.78 is 15.4. The molecule has 1 aliphatic heterocycles. The highest BCUT2D eigenvalue weighted by molar-refractivity contribution is 8.18. The lowest BCUT2D eigenvalue weighted by Crippen LogP contribution is -2.62. The van der Waals surface area contributed by atoms with Crippen LogP contribution in [0.2, 0.25) is 0 Å². The van der Waals surface area contributed by atoms with Gasteiger partial charge in [0, 0.05) is 12.8 Å². The fourth-order valence-electron chi connectivity index (χ4n) is 2.55. The first-order valence-electron chi connectivity index (χ1n) is 7.53. The summed E-state index contributed by atoms with van der Waals surface area (Å²) in [5, 5.41) is 0. The van der Waals surface area contributed by atoms with E-state index in [-0.39, 0.29) is 12.7 Å². The predicted molar refractivity (Wildman–Crippen MR) is 100 cm³/mol. The Morgan fingerprint density at radius 3 is 2.42 bits per heavy atom. The normalized spacial score (nSPS) is 18.3. The summed E-state index contributed by atoms with van der Waals surface area (Å²) >= 11 is 3.24. The van der Waals surface area contributed by atoms with Gasteiger partial charge < -0.3 is 14.2 Å². The van der Waals surface area contributed by atoms with Crippen LogP contribution in [0.1, 0.15) is 6.92 Å². The first kappa shape index (κ1) is 19.2. The second-order valence-corrected chi connectivity index (χ2v) is 7.32. The number of methoxy groups -OCH3 is 1. The number of ether oxygens (including phenoxy) is 3. The van der Waals surface area contributed by atoms with Gasteiger partial charge in [-0.1, -0.05) is 18.2 Å². The number of rotatable bonds is 9. The lowest BCUT2D eigenvalue weighted by atomic mass is 10.0. The van der Waals surface area contributed by atoms with Crippen LogP contribution in [-0.4, -0.2) is 49.7 Å². The number of β-lactam (4-membered cyclic amide) rings is 1. The average Bonchev–Trinajstić information content (AvgIpc) is 2.60. The Kier molecular flexibility index (Phi) is 7.03. The molecule has 0 spiro atoms. The van der Waals surface area contributed by atoms with Gasteiger partial charge in [-0.2, -0.15) is 0 Å². The van der Waals surface area contributed by atoms with Crippen molar-refractivity contribution in [3.8, 4) is 0 Å². The van der Waals surface area contributed by atoms with Crippen molar-refractivity contribution in [2.24, 2.45) is 0 Å². The van der Waals surface area contributed by atoms with E-state index in [0.717, 1.165) is 5.69 Å². The van der Waals surface area contributed by atoms with Crippen LogP contribution in [0, 0.1) is 0 Å². The van der Waals surface area contributed by atoms with Gasteiger partial charge in [-0.25, -0.2) is 0 Å². The Morgan fingerprint density at radius 1 is 1.17 bits per heavy atom. The molecule has 1 aromatic rings. The summed E-state index contributed by atoms with van der Waals surface area (Å²) in [6.07, 6.45) is 4.00. The third-order valence-electron chi connectivity index (χ3n) is 3.74. The molecule has 132 valence electrons. The lowest BCUT2D eigenvalue weighted by molar-refractivity contribution is -0.119. The standard InChI is InChI=1S/C17H23NO4S2/c1-13(22-12-21-11-10-20-2)15-16(19)18(17(15,23-3)24-4)14-8-6-5-7-9-14/h5-9H,10-12H2,1-4H3/b15-13-. The minimum Gasteiger partial charge on any atom is -0.472 e. The van der Waals surface area contributed by atoms with Gasteiger partial charge in [0.05, 0.1) is 13.2 Å². The molecule has 24 heavy (non-hydrogen) atoms. The molecule has 0 unspecified atom stereocenters. The highest BCUT2D eigenvalue weighted by Gasteiger charge is 2.58. The van der Waals surface area contributed by atoms with E-state index in [9.17, 15) is 4.79 Å². The zero-order chi connectivity index (χ0) is 17.6. The van der Waals surface area contributed by atoms with Crippen LogP contribution in [-0.2, 0) is 19.0 Å². The minimum atomic E-state index is -0.477. The quantitative estimate of drug-likeness (QED) is 0.219. The van der Waals surface area contributed by atoms with E-state index in [1.807, 2.05) is 54.7 Å². The number of para-hydroxylation sites is 1. The molecular weight excluding hydrogens is 346 g/mol.